The van der Waals surface area contributed by atoms with E-state index in [2.05, 4.69) is 5.32 Å². The fourth-order valence-corrected chi connectivity index (χ4v) is 2.00. The quantitative estimate of drug-likeness (QED) is 0.624. The van der Waals surface area contributed by atoms with Crippen molar-refractivity contribution in [3.05, 3.63) is 29.6 Å². The zero-order chi connectivity index (χ0) is 15.3. The Morgan fingerprint density at radius 1 is 1.50 bits per heavy atom. The van der Waals surface area contributed by atoms with Crippen LogP contribution >= 0.6 is 12.2 Å². The molecule has 0 saturated heterocycles. The monoisotopic (exact) mass is 298 g/mol. The number of ether oxygens (including phenoxy) is 1. The van der Waals surface area contributed by atoms with E-state index in [0.29, 0.717) is 18.0 Å². The number of rotatable bonds is 6. The first-order valence-corrected chi connectivity index (χ1v) is 6.69. The molecule has 0 bridgehead atoms. The summed E-state index contributed by atoms with van der Waals surface area (Å²) in [5, 5.41) is 2.97. The zero-order valence-electron chi connectivity index (χ0n) is 11.8. The topological polar surface area (TPSA) is 64.3 Å². The standard InChI is InChI=1S/C14H19FN2O2S/c1-8(2)6-12(14(18)19-3)17-9-4-5-10(13(16)20)11(15)7-9/h4-5,7-8,12,17H,6H2,1-3H3,(H2,16,20). The third-order valence-corrected chi connectivity index (χ3v) is 2.99. The highest BCUT2D eigenvalue weighted by atomic mass is 32.1. The van der Waals surface area contributed by atoms with Gasteiger partial charge in [0.2, 0.25) is 0 Å². The Morgan fingerprint density at radius 2 is 2.15 bits per heavy atom. The molecule has 4 nitrogen and oxygen atoms in total. The molecule has 0 aliphatic rings. The van der Waals surface area contributed by atoms with E-state index in [1.807, 2.05) is 13.8 Å². The fraction of sp³-hybridized carbons (Fsp3) is 0.429. The first-order chi connectivity index (χ1) is 9.35. The zero-order valence-corrected chi connectivity index (χ0v) is 12.6. The summed E-state index contributed by atoms with van der Waals surface area (Å²) in [6.45, 7) is 3.99. The van der Waals surface area contributed by atoms with Gasteiger partial charge in [0.05, 0.1) is 7.11 Å². The molecule has 0 radical (unpaired) electrons. The Kier molecular flexibility index (Phi) is 5.88. The second-order valence-electron chi connectivity index (χ2n) is 4.91. The summed E-state index contributed by atoms with van der Waals surface area (Å²) in [6.07, 6.45) is 0.589. The van der Waals surface area contributed by atoms with E-state index >= 15 is 0 Å². The van der Waals surface area contributed by atoms with Crippen molar-refractivity contribution >= 4 is 28.9 Å². The van der Waals surface area contributed by atoms with Crippen molar-refractivity contribution in [2.24, 2.45) is 11.7 Å². The van der Waals surface area contributed by atoms with E-state index < -0.39 is 11.9 Å². The van der Waals surface area contributed by atoms with Crippen LogP contribution in [0.1, 0.15) is 25.8 Å². The van der Waals surface area contributed by atoms with Crippen LogP contribution in [0.15, 0.2) is 18.2 Å². The van der Waals surface area contributed by atoms with Crippen LogP contribution in [0.3, 0.4) is 0 Å². The molecular weight excluding hydrogens is 279 g/mol. The normalized spacial score (nSPS) is 12.1. The summed E-state index contributed by atoms with van der Waals surface area (Å²) >= 11 is 4.74. The number of carbonyl (C=O) groups is 1. The van der Waals surface area contributed by atoms with Crippen molar-refractivity contribution in [2.45, 2.75) is 26.3 Å². The highest BCUT2D eigenvalue weighted by Crippen LogP contribution is 2.18. The van der Waals surface area contributed by atoms with Crippen molar-refractivity contribution in [2.75, 3.05) is 12.4 Å². The number of methoxy groups -OCH3 is 1. The van der Waals surface area contributed by atoms with E-state index in [4.69, 9.17) is 22.7 Å². The van der Waals surface area contributed by atoms with E-state index in [-0.39, 0.29) is 16.5 Å². The number of anilines is 1. The molecular formula is C14H19FN2O2S. The minimum absolute atomic E-state index is 0.000693. The maximum atomic E-state index is 13.8. The number of thiocarbonyl (C=S) groups is 1. The van der Waals surface area contributed by atoms with Crippen molar-refractivity contribution in [3.8, 4) is 0 Å². The largest absolute Gasteiger partial charge is 0.467 e. The summed E-state index contributed by atoms with van der Waals surface area (Å²) in [5.41, 5.74) is 6.07. The molecule has 20 heavy (non-hydrogen) atoms. The number of nitrogens with one attached hydrogen (secondary N) is 1. The van der Waals surface area contributed by atoms with Gasteiger partial charge in [0.25, 0.3) is 0 Å². The summed E-state index contributed by atoms with van der Waals surface area (Å²) in [7, 11) is 1.33. The lowest BCUT2D eigenvalue weighted by molar-refractivity contribution is -0.141. The smallest absolute Gasteiger partial charge is 0.328 e. The molecule has 1 aromatic rings. The average molecular weight is 298 g/mol. The Bertz CT molecular complexity index is 506. The molecule has 1 aromatic carbocycles. The summed E-state index contributed by atoms with van der Waals surface area (Å²) in [6, 6.07) is 3.87. The van der Waals surface area contributed by atoms with Crippen LogP contribution in [0.2, 0.25) is 0 Å². The molecule has 1 atom stereocenters. The van der Waals surface area contributed by atoms with E-state index in [1.54, 1.807) is 6.07 Å². The van der Waals surface area contributed by atoms with Crippen LogP contribution in [0.5, 0.6) is 0 Å². The lowest BCUT2D eigenvalue weighted by Crippen LogP contribution is -2.32. The lowest BCUT2D eigenvalue weighted by atomic mass is 10.0. The number of nitrogens with two attached hydrogens (primary N) is 1. The Hall–Kier alpha value is -1.69. The van der Waals surface area contributed by atoms with Crippen molar-refractivity contribution < 1.29 is 13.9 Å². The molecule has 0 aromatic heterocycles. The molecule has 0 amide bonds. The molecule has 1 rings (SSSR count). The molecule has 0 heterocycles. The molecule has 0 fully saturated rings. The number of halogens is 1. The van der Waals surface area contributed by atoms with Gasteiger partial charge >= 0.3 is 5.97 Å². The van der Waals surface area contributed by atoms with Gasteiger partial charge in [0, 0.05) is 11.3 Å². The van der Waals surface area contributed by atoms with E-state index in [1.165, 1.54) is 19.2 Å². The van der Waals surface area contributed by atoms with Gasteiger partial charge in [-0.1, -0.05) is 26.1 Å². The first kappa shape index (κ1) is 16.4. The lowest BCUT2D eigenvalue weighted by Gasteiger charge is -2.19. The highest BCUT2D eigenvalue weighted by molar-refractivity contribution is 7.80. The number of hydrogen-bond donors (Lipinski definition) is 2. The van der Waals surface area contributed by atoms with Gasteiger partial charge in [0.1, 0.15) is 16.8 Å². The maximum absolute atomic E-state index is 13.8. The molecule has 0 aliphatic heterocycles. The first-order valence-electron chi connectivity index (χ1n) is 6.28. The predicted molar refractivity (Wildman–Crippen MR) is 81.2 cm³/mol. The molecule has 6 heteroatoms. The van der Waals surface area contributed by atoms with Crippen molar-refractivity contribution in [1.29, 1.82) is 0 Å². The second kappa shape index (κ2) is 7.19. The molecule has 0 saturated carbocycles. The number of hydrogen-bond acceptors (Lipinski definition) is 4. The van der Waals surface area contributed by atoms with Crippen molar-refractivity contribution in [3.63, 3.8) is 0 Å². The van der Waals surface area contributed by atoms with E-state index in [0.717, 1.165) is 0 Å². The van der Waals surface area contributed by atoms with Gasteiger partial charge in [-0.25, -0.2) is 9.18 Å². The van der Waals surface area contributed by atoms with Gasteiger partial charge in [-0.2, -0.15) is 0 Å². The van der Waals surface area contributed by atoms with Crippen LogP contribution in [0.25, 0.3) is 0 Å². The SMILES string of the molecule is COC(=O)C(CC(C)C)Nc1ccc(C(N)=S)c(F)c1. The molecule has 110 valence electrons. The van der Waals surface area contributed by atoms with Gasteiger partial charge in [0.15, 0.2) is 0 Å². The third-order valence-electron chi connectivity index (χ3n) is 2.77. The Balaban J connectivity index is 2.91. The number of carbonyl (C=O) groups excluding carboxylic acids is 1. The number of benzene rings is 1. The Labute approximate surface area is 123 Å². The van der Waals surface area contributed by atoms with Crippen LogP contribution in [0.4, 0.5) is 10.1 Å². The Morgan fingerprint density at radius 3 is 2.60 bits per heavy atom. The van der Waals surface area contributed by atoms with Crippen molar-refractivity contribution in [1.82, 2.24) is 0 Å². The minimum Gasteiger partial charge on any atom is -0.467 e. The van der Waals surface area contributed by atoms with Gasteiger partial charge in [-0.3, -0.25) is 0 Å². The van der Waals surface area contributed by atoms with Gasteiger partial charge < -0.3 is 15.8 Å². The number of esters is 1. The van der Waals surface area contributed by atoms with Crippen LogP contribution < -0.4 is 11.1 Å². The summed E-state index contributed by atoms with van der Waals surface area (Å²) in [5.74, 6) is -0.597. The van der Waals surface area contributed by atoms with Crippen LogP contribution in [-0.4, -0.2) is 24.1 Å². The van der Waals surface area contributed by atoms with Gasteiger partial charge in [-0.05, 0) is 30.5 Å². The van der Waals surface area contributed by atoms with Crippen LogP contribution in [-0.2, 0) is 9.53 Å². The minimum atomic E-state index is -0.518. The second-order valence-corrected chi connectivity index (χ2v) is 5.35. The molecule has 0 spiro atoms. The summed E-state index contributed by atoms with van der Waals surface area (Å²) in [4.78, 5) is 11.7. The van der Waals surface area contributed by atoms with Crippen LogP contribution in [0, 0.1) is 11.7 Å². The predicted octanol–water partition coefficient (Wildman–Crippen LogP) is 2.46. The maximum Gasteiger partial charge on any atom is 0.328 e. The third kappa shape index (κ3) is 4.45. The summed E-state index contributed by atoms with van der Waals surface area (Å²) < 4.78 is 18.5. The molecule has 0 aliphatic carbocycles. The molecule has 3 N–H and O–H groups in total. The molecule has 1 unspecified atom stereocenters. The van der Waals surface area contributed by atoms with E-state index in [9.17, 15) is 9.18 Å². The van der Waals surface area contributed by atoms with Gasteiger partial charge in [-0.15, -0.1) is 0 Å². The highest BCUT2D eigenvalue weighted by Gasteiger charge is 2.20. The fourth-order valence-electron chi connectivity index (χ4n) is 1.83. The average Bonchev–Trinajstić information content (AvgIpc) is 2.36.